The monoisotopic (exact) mass is 394 g/mol. The van der Waals surface area contributed by atoms with E-state index in [0.29, 0.717) is 10.9 Å². The number of unbranched alkanes of at least 4 members (excludes halogenated alkanes) is 1. The Kier molecular flexibility index (Phi) is 7.67. The average molecular weight is 395 g/mol. The minimum Gasteiger partial charge on any atom is -0.369 e. The molecule has 5 nitrogen and oxygen atoms in total. The maximum absolute atomic E-state index is 12.0. The van der Waals surface area contributed by atoms with Crippen molar-refractivity contribution in [3.8, 4) is 0 Å². The molecule has 0 saturated carbocycles. The van der Waals surface area contributed by atoms with Crippen LogP contribution in [-0.4, -0.2) is 34.7 Å². The molecule has 3 aromatic rings. The maximum atomic E-state index is 12.0. The van der Waals surface area contributed by atoms with Gasteiger partial charge in [0.2, 0.25) is 5.91 Å². The molecule has 6 heteroatoms. The van der Waals surface area contributed by atoms with Gasteiger partial charge in [0.1, 0.15) is 5.82 Å². The number of rotatable bonds is 10. The molecule has 1 amide bonds. The predicted molar refractivity (Wildman–Crippen MR) is 117 cm³/mol. The van der Waals surface area contributed by atoms with Crippen molar-refractivity contribution in [1.29, 1.82) is 0 Å². The largest absolute Gasteiger partial charge is 0.369 e. The number of aromatic nitrogens is 2. The van der Waals surface area contributed by atoms with Crippen molar-refractivity contribution in [1.82, 2.24) is 15.3 Å². The summed E-state index contributed by atoms with van der Waals surface area (Å²) in [6.45, 7) is 3.61. The highest BCUT2D eigenvalue weighted by atomic mass is 32.2. The molecule has 1 aromatic heterocycles. The molecule has 0 aliphatic heterocycles. The van der Waals surface area contributed by atoms with Crippen LogP contribution in [0.15, 0.2) is 59.8 Å². The molecule has 0 aliphatic rings. The van der Waals surface area contributed by atoms with Gasteiger partial charge in [-0.05, 0) is 30.5 Å². The van der Waals surface area contributed by atoms with Crippen LogP contribution in [0, 0.1) is 0 Å². The van der Waals surface area contributed by atoms with Gasteiger partial charge in [-0.3, -0.25) is 4.79 Å². The fraction of sp³-hybridized carbons (Fsp3) is 0.318. The molecule has 0 spiro atoms. The molecule has 146 valence electrons. The highest BCUT2D eigenvalue weighted by molar-refractivity contribution is 7.99. The number of nitrogens with one attached hydrogen (secondary N) is 2. The predicted octanol–water partition coefficient (Wildman–Crippen LogP) is 4.29. The molecule has 2 N–H and O–H groups in total. The van der Waals surface area contributed by atoms with Crippen molar-refractivity contribution in [2.75, 3.05) is 24.2 Å². The Hall–Kier alpha value is -2.60. The Labute approximate surface area is 170 Å². The standard InChI is InChI=1S/C22H26N4OS/c1-2-3-14-23-20(27)16-28-22-25-19-12-8-7-11-18(19)21(26-22)24-15-13-17-9-5-4-6-10-17/h4-12H,2-3,13-16H2,1H3,(H,23,27)(H,24,25,26). The van der Waals surface area contributed by atoms with E-state index in [1.54, 1.807) is 0 Å². The van der Waals surface area contributed by atoms with E-state index in [1.807, 2.05) is 30.3 Å². The van der Waals surface area contributed by atoms with Crippen LogP contribution in [0.4, 0.5) is 5.82 Å². The number of carbonyl (C=O) groups is 1. The van der Waals surface area contributed by atoms with Crippen molar-refractivity contribution in [2.45, 2.75) is 31.3 Å². The van der Waals surface area contributed by atoms with E-state index in [2.05, 4.69) is 51.8 Å². The number of fused-ring (bicyclic) bond motifs is 1. The minimum absolute atomic E-state index is 0.0220. The molecular weight excluding hydrogens is 368 g/mol. The number of benzene rings is 2. The summed E-state index contributed by atoms with van der Waals surface area (Å²) in [4.78, 5) is 21.2. The third-order valence-corrected chi connectivity index (χ3v) is 5.16. The first kappa shape index (κ1) is 20.1. The summed E-state index contributed by atoms with van der Waals surface area (Å²) in [5, 5.41) is 7.98. The summed E-state index contributed by atoms with van der Waals surface area (Å²) in [6.07, 6.45) is 2.99. The van der Waals surface area contributed by atoms with Crippen LogP contribution < -0.4 is 10.6 Å². The fourth-order valence-corrected chi connectivity index (χ4v) is 3.49. The van der Waals surface area contributed by atoms with Gasteiger partial charge in [-0.2, -0.15) is 0 Å². The summed E-state index contributed by atoms with van der Waals surface area (Å²) in [5.41, 5.74) is 2.17. The van der Waals surface area contributed by atoms with Crippen molar-refractivity contribution in [2.24, 2.45) is 0 Å². The molecule has 28 heavy (non-hydrogen) atoms. The molecule has 0 aliphatic carbocycles. The summed E-state index contributed by atoms with van der Waals surface area (Å²) in [5.74, 6) is 1.16. The highest BCUT2D eigenvalue weighted by Gasteiger charge is 2.10. The van der Waals surface area contributed by atoms with Crippen molar-refractivity contribution in [3.05, 3.63) is 60.2 Å². The molecular formula is C22H26N4OS. The molecule has 0 fully saturated rings. The lowest BCUT2D eigenvalue weighted by molar-refractivity contribution is -0.118. The van der Waals surface area contributed by atoms with Crippen LogP contribution in [0.1, 0.15) is 25.3 Å². The van der Waals surface area contributed by atoms with Gasteiger partial charge >= 0.3 is 0 Å². The van der Waals surface area contributed by atoms with E-state index in [-0.39, 0.29) is 5.91 Å². The van der Waals surface area contributed by atoms with E-state index < -0.39 is 0 Å². The third kappa shape index (κ3) is 5.96. The van der Waals surface area contributed by atoms with Gasteiger partial charge in [0, 0.05) is 18.5 Å². The van der Waals surface area contributed by atoms with Gasteiger partial charge in [0.15, 0.2) is 5.16 Å². The van der Waals surface area contributed by atoms with Crippen LogP contribution in [-0.2, 0) is 11.2 Å². The highest BCUT2D eigenvalue weighted by Crippen LogP contribution is 2.24. The Bertz CT molecular complexity index is 901. The second-order valence-corrected chi connectivity index (χ2v) is 7.47. The molecule has 3 rings (SSSR count). The number of amides is 1. The quantitative estimate of drug-likeness (QED) is 0.305. The number of anilines is 1. The first-order valence-corrected chi connectivity index (χ1v) is 10.7. The number of hydrogen-bond acceptors (Lipinski definition) is 5. The topological polar surface area (TPSA) is 66.9 Å². The SMILES string of the molecule is CCCCNC(=O)CSc1nc(NCCc2ccccc2)c2ccccc2n1. The summed E-state index contributed by atoms with van der Waals surface area (Å²) >= 11 is 1.37. The lowest BCUT2D eigenvalue weighted by Crippen LogP contribution is -2.26. The van der Waals surface area contributed by atoms with Gasteiger partial charge in [0.25, 0.3) is 0 Å². The number of hydrogen-bond donors (Lipinski definition) is 2. The van der Waals surface area contributed by atoms with Crippen molar-refractivity contribution < 1.29 is 4.79 Å². The number of para-hydroxylation sites is 1. The maximum Gasteiger partial charge on any atom is 0.230 e. The average Bonchev–Trinajstić information content (AvgIpc) is 2.73. The zero-order valence-corrected chi connectivity index (χ0v) is 17.0. The van der Waals surface area contributed by atoms with Gasteiger partial charge in [0.05, 0.1) is 11.3 Å². The molecule has 0 unspecified atom stereocenters. The Morgan fingerprint density at radius 3 is 2.61 bits per heavy atom. The summed E-state index contributed by atoms with van der Waals surface area (Å²) in [6, 6.07) is 18.3. The van der Waals surface area contributed by atoms with Crippen LogP contribution >= 0.6 is 11.8 Å². The third-order valence-electron chi connectivity index (χ3n) is 4.32. The van der Waals surface area contributed by atoms with Crippen LogP contribution in [0.25, 0.3) is 10.9 Å². The summed E-state index contributed by atoms with van der Waals surface area (Å²) in [7, 11) is 0. The molecule has 0 bridgehead atoms. The normalized spacial score (nSPS) is 10.8. The van der Waals surface area contributed by atoms with Gasteiger partial charge < -0.3 is 10.6 Å². The Morgan fingerprint density at radius 2 is 1.79 bits per heavy atom. The van der Waals surface area contributed by atoms with Crippen LogP contribution in [0.2, 0.25) is 0 Å². The second-order valence-electron chi connectivity index (χ2n) is 6.53. The van der Waals surface area contributed by atoms with Crippen molar-refractivity contribution >= 4 is 34.4 Å². The van der Waals surface area contributed by atoms with E-state index >= 15 is 0 Å². The molecule has 0 radical (unpaired) electrons. The zero-order valence-electron chi connectivity index (χ0n) is 16.1. The van der Waals surface area contributed by atoms with E-state index in [4.69, 9.17) is 0 Å². The summed E-state index contributed by atoms with van der Waals surface area (Å²) < 4.78 is 0. The van der Waals surface area contributed by atoms with Gasteiger partial charge in [-0.15, -0.1) is 0 Å². The van der Waals surface area contributed by atoms with Crippen LogP contribution in [0.3, 0.4) is 0 Å². The van der Waals surface area contributed by atoms with E-state index in [1.165, 1.54) is 17.3 Å². The second kappa shape index (κ2) is 10.7. The number of nitrogens with zero attached hydrogens (tertiary/aromatic N) is 2. The molecule has 2 aromatic carbocycles. The fourth-order valence-electron chi connectivity index (χ4n) is 2.81. The first-order valence-electron chi connectivity index (χ1n) is 9.70. The van der Waals surface area contributed by atoms with E-state index in [0.717, 1.165) is 49.1 Å². The Balaban J connectivity index is 1.66. The van der Waals surface area contributed by atoms with Gasteiger partial charge in [-0.25, -0.2) is 9.97 Å². The lowest BCUT2D eigenvalue weighted by atomic mass is 10.1. The molecule has 0 saturated heterocycles. The molecule has 1 heterocycles. The first-order chi connectivity index (χ1) is 13.8. The Morgan fingerprint density at radius 1 is 1.00 bits per heavy atom. The van der Waals surface area contributed by atoms with Crippen molar-refractivity contribution in [3.63, 3.8) is 0 Å². The molecule has 0 atom stereocenters. The zero-order chi connectivity index (χ0) is 19.6. The van der Waals surface area contributed by atoms with Gasteiger partial charge in [-0.1, -0.05) is 67.6 Å². The minimum atomic E-state index is 0.0220. The number of thioether (sulfide) groups is 1. The lowest BCUT2D eigenvalue weighted by Gasteiger charge is -2.11. The van der Waals surface area contributed by atoms with Crippen LogP contribution in [0.5, 0.6) is 0 Å². The van der Waals surface area contributed by atoms with E-state index in [9.17, 15) is 4.79 Å². The number of carbonyl (C=O) groups excluding carboxylic acids is 1. The smallest absolute Gasteiger partial charge is 0.230 e.